The first-order valence-corrected chi connectivity index (χ1v) is 9.77. The molecule has 124 valence electrons. The van der Waals surface area contributed by atoms with E-state index in [2.05, 4.69) is 20.4 Å². The Morgan fingerprint density at radius 2 is 2.04 bits per heavy atom. The second-order valence-electron chi connectivity index (χ2n) is 6.90. The molecule has 0 radical (unpaired) electrons. The molecule has 5 nitrogen and oxygen atoms in total. The van der Waals surface area contributed by atoms with Crippen molar-refractivity contribution in [3.05, 3.63) is 28.7 Å². The summed E-state index contributed by atoms with van der Waals surface area (Å²) in [5.74, 6) is 0.729. The maximum absolute atomic E-state index is 4.97. The van der Waals surface area contributed by atoms with Gasteiger partial charge in [-0.15, -0.1) is 11.3 Å². The number of nitrogens with zero attached hydrogens (tertiary/aromatic N) is 5. The van der Waals surface area contributed by atoms with Crippen molar-refractivity contribution in [2.24, 2.45) is 0 Å². The van der Waals surface area contributed by atoms with Gasteiger partial charge in [0.25, 0.3) is 0 Å². The van der Waals surface area contributed by atoms with E-state index in [1.54, 1.807) is 6.33 Å². The molecule has 0 unspecified atom stereocenters. The molecule has 3 heterocycles. The van der Waals surface area contributed by atoms with Gasteiger partial charge in [0.1, 0.15) is 12.7 Å². The van der Waals surface area contributed by atoms with Crippen LogP contribution in [0.25, 0.3) is 0 Å². The van der Waals surface area contributed by atoms with Gasteiger partial charge >= 0.3 is 0 Å². The van der Waals surface area contributed by atoms with E-state index >= 15 is 0 Å². The third-order valence-electron chi connectivity index (χ3n) is 5.25. The van der Waals surface area contributed by atoms with Crippen molar-refractivity contribution < 1.29 is 0 Å². The van der Waals surface area contributed by atoms with E-state index in [1.807, 2.05) is 22.3 Å². The summed E-state index contributed by atoms with van der Waals surface area (Å²) in [6.07, 6.45) is 12.8. The fraction of sp³-hybridized carbons (Fsp3) is 0.706. The zero-order valence-corrected chi connectivity index (χ0v) is 14.4. The summed E-state index contributed by atoms with van der Waals surface area (Å²) in [5, 5.41) is 7.92. The van der Waals surface area contributed by atoms with Crippen molar-refractivity contribution in [1.82, 2.24) is 24.6 Å². The first-order chi connectivity index (χ1) is 11.4. The fourth-order valence-corrected chi connectivity index (χ4v) is 4.98. The lowest BCUT2D eigenvalue weighted by atomic mass is 9.90. The summed E-state index contributed by atoms with van der Waals surface area (Å²) in [6, 6.07) is 0.566. The van der Waals surface area contributed by atoms with Gasteiger partial charge in [0.2, 0.25) is 0 Å². The largest absolute Gasteiger partial charge is 0.293 e. The van der Waals surface area contributed by atoms with E-state index in [1.165, 1.54) is 62.2 Å². The molecule has 2 aliphatic rings. The molecule has 2 fully saturated rings. The Kier molecular flexibility index (Phi) is 4.71. The van der Waals surface area contributed by atoms with Crippen LogP contribution in [0, 0.1) is 0 Å². The molecule has 1 atom stereocenters. The van der Waals surface area contributed by atoms with Gasteiger partial charge in [0.05, 0.1) is 17.2 Å². The van der Waals surface area contributed by atoms with Crippen LogP contribution in [0.1, 0.15) is 61.6 Å². The Morgan fingerprint density at radius 3 is 2.87 bits per heavy atom. The molecule has 2 aromatic heterocycles. The van der Waals surface area contributed by atoms with Crippen LogP contribution in [-0.4, -0.2) is 37.2 Å². The van der Waals surface area contributed by atoms with Crippen LogP contribution in [0.15, 0.2) is 18.0 Å². The summed E-state index contributed by atoms with van der Waals surface area (Å²) in [5.41, 5.74) is 1.26. The zero-order chi connectivity index (χ0) is 15.5. The summed E-state index contributed by atoms with van der Waals surface area (Å²) in [6.45, 7) is 3.11. The summed E-state index contributed by atoms with van der Waals surface area (Å²) >= 11 is 1.88. The Labute approximate surface area is 141 Å². The third kappa shape index (κ3) is 3.63. The SMILES string of the molecule is c1ncn(C[C@H]2CCCN2Cc2csc(C3CCCCC3)n2)n1. The number of hydrogen-bond acceptors (Lipinski definition) is 5. The van der Waals surface area contributed by atoms with Crippen LogP contribution >= 0.6 is 11.3 Å². The van der Waals surface area contributed by atoms with Crippen LogP contribution in [0.4, 0.5) is 0 Å². The van der Waals surface area contributed by atoms with Gasteiger partial charge in [-0.05, 0) is 32.2 Å². The van der Waals surface area contributed by atoms with Crippen molar-refractivity contribution in [3.8, 4) is 0 Å². The van der Waals surface area contributed by atoms with Crippen molar-refractivity contribution in [2.45, 2.75) is 70.0 Å². The normalized spacial score (nSPS) is 23.6. The molecule has 1 aliphatic heterocycles. The predicted octanol–water partition coefficient (Wildman–Crippen LogP) is 3.45. The summed E-state index contributed by atoms with van der Waals surface area (Å²) in [7, 11) is 0. The smallest absolute Gasteiger partial charge is 0.137 e. The molecule has 0 N–H and O–H groups in total. The van der Waals surface area contributed by atoms with Crippen molar-refractivity contribution in [2.75, 3.05) is 6.54 Å². The van der Waals surface area contributed by atoms with Gasteiger partial charge in [-0.2, -0.15) is 5.10 Å². The van der Waals surface area contributed by atoms with E-state index in [0.29, 0.717) is 6.04 Å². The van der Waals surface area contributed by atoms with Crippen molar-refractivity contribution >= 4 is 11.3 Å². The van der Waals surface area contributed by atoms with E-state index in [4.69, 9.17) is 4.98 Å². The minimum absolute atomic E-state index is 0.566. The second kappa shape index (κ2) is 7.09. The van der Waals surface area contributed by atoms with Crippen molar-refractivity contribution in [1.29, 1.82) is 0 Å². The Morgan fingerprint density at radius 1 is 1.13 bits per heavy atom. The molecule has 1 saturated carbocycles. The predicted molar refractivity (Wildman–Crippen MR) is 91.4 cm³/mol. The maximum Gasteiger partial charge on any atom is 0.137 e. The van der Waals surface area contributed by atoms with Crippen molar-refractivity contribution in [3.63, 3.8) is 0 Å². The monoisotopic (exact) mass is 331 g/mol. The molecule has 0 aromatic carbocycles. The van der Waals surface area contributed by atoms with E-state index in [9.17, 15) is 0 Å². The highest BCUT2D eigenvalue weighted by Crippen LogP contribution is 2.34. The molecular formula is C17H25N5S. The van der Waals surface area contributed by atoms with Crippen LogP contribution in [-0.2, 0) is 13.1 Å². The standard InChI is InChI=1S/C17H25N5S/c1-2-5-14(6-3-1)17-20-15(11-23-17)9-21-8-4-7-16(21)10-22-13-18-12-19-22/h11-14,16H,1-10H2/t16-/m1/s1. The van der Waals surface area contributed by atoms with Crippen LogP contribution in [0.2, 0.25) is 0 Å². The van der Waals surface area contributed by atoms with Gasteiger partial charge in [-0.1, -0.05) is 19.3 Å². The van der Waals surface area contributed by atoms with Gasteiger partial charge in [-0.3, -0.25) is 9.58 Å². The molecule has 2 aromatic rings. The lowest BCUT2D eigenvalue weighted by Gasteiger charge is -2.23. The van der Waals surface area contributed by atoms with Gasteiger partial charge in [-0.25, -0.2) is 9.97 Å². The van der Waals surface area contributed by atoms with Crippen LogP contribution in [0.3, 0.4) is 0 Å². The second-order valence-corrected chi connectivity index (χ2v) is 7.79. The van der Waals surface area contributed by atoms with Gasteiger partial charge < -0.3 is 0 Å². The molecule has 1 aliphatic carbocycles. The van der Waals surface area contributed by atoms with E-state index in [-0.39, 0.29) is 0 Å². The highest BCUT2D eigenvalue weighted by molar-refractivity contribution is 7.09. The average molecular weight is 331 g/mol. The third-order valence-corrected chi connectivity index (χ3v) is 6.31. The highest BCUT2D eigenvalue weighted by Gasteiger charge is 2.26. The molecule has 4 rings (SSSR count). The Bertz CT molecular complexity index is 602. The topological polar surface area (TPSA) is 46.8 Å². The molecule has 1 saturated heterocycles. The average Bonchev–Trinajstić information content (AvgIpc) is 3.33. The summed E-state index contributed by atoms with van der Waals surface area (Å²) in [4.78, 5) is 11.6. The fourth-order valence-electron chi connectivity index (χ4n) is 3.99. The summed E-state index contributed by atoms with van der Waals surface area (Å²) < 4.78 is 1.96. The quantitative estimate of drug-likeness (QED) is 0.842. The molecule has 0 amide bonds. The molecule has 23 heavy (non-hydrogen) atoms. The number of hydrogen-bond donors (Lipinski definition) is 0. The maximum atomic E-state index is 4.97. The van der Waals surface area contributed by atoms with Crippen LogP contribution in [0.5, 0.6) is 0 Å². The molecule has 6 heteroatoms. The molecular weight excluding hydrogens is 306 g/mol. The first kappa shape index (κ1) is 15.3. The zero-order valence-electron chi connectivity index (χ0n) is 13.6. The number of rotatable bonds is 5. The Hall–Kier alpha value is -1.27. The number of aromatic nitrogens is 4. The minimum Gasteiger partial charge on any atom is -0.293 e. The van der Waals surface area contributed by atoms with Gasteiger partial charge in [0.15, 0.2) is 0 Å². The lowest BCUT2D eigenvalue weighted by Crippen LogP contribution is -2.32. The van der Waals surface area contributed by atoms with Gasteiger partial charge in [0, 0.05) is 23.9 Å². The highest BCUT2D eigenvalue weighted by atomic mass is 32.1. The molecule has 0 spiro atoms. The first-order valence-electron chi connectivity index (χ1n) is 8.89. The van der Waals surface area contributed by atoms with Crippen LogP contribution < -0.4 is 0 Å². The van der Waals surface area contributed by atoms with E-state index in [0.717, 1.165) is 19.0 Å². The minimum atomic E-state index is 0.566. The molecule has 0 bridgehead atoms. The number of likely N-dealkylation sites (tertiary alicyclic amines) is 1. The lowest BCUT2D eigenvalue weighted by molar-refractivity contribution is 0.217. The Balaban J connectivity index is 1.38. The van der Waals surface area contributed by atoms with E-state index < -0.39 is 0 Å². The number of thiazole rings is 1.